The number of carbonyl (C=O) groups excluding carboxylic acids is 1. The molecular formula is C13H20N4OS. The first kappa shape index (κ1) is 14.3. The van der Waals surface area contributed by atoms with Crippen LogP contribution in [0.2, 0.25) is 0 Å². The number of nitrogens with zero attached hydrogens (tertiary/aromatic N) is 4. The number of likely N-dealkylation sites (N-methyl/N-ethyl adjacent to an activating group) is 1. The molecule has 5 nitrogen and oxygen atoms in total. The number of hydrogen-bond acceptors (Lipinski definition) is 5. The fraction of sp³-hybridized carbons (Fsp3) is 0.615. The number of carbonyl (C=O) groups is 1. The summed E-state index contributed by atoms with van der Waals surface area (Å²) in [5.41, 5.74) is 0.443. The van der Waals surface area contributed by atoms with Gasteiger partial charge in [0.1, 0.15) is 5.69 Å². The Labute approximate surface area is 118 Å². The summed E-state index contributed by atoms with van der Waals surface area (Å²) in [4.78, 5) is 24.7. The normalized spacial score (nSPS) is 20.4. The molecule has 19 heavy (non-hydrogen) atoms. The number of amides is 1. The van der Waals surface area contributed by atoms with E-state index < -0.39 is 0 Å². The van der Waals surface area contributed by atoms with E-state index in [-0.39, 0.29) is 11.9 Å². The van der Waals surface area contributed by atoms with Crippen molar-refractivity contribution < 1.29 is 4.79 Å². The van der Waals surface area contributed by atoms with Crippen LogP contribution in [0, 0.1) is 0 Å². The molecule has 1 aliphatic rings. The maximum atomic E-state index is 12.5. The number of aromatic nitrogens is 2. The van der Waals surface area contributed by atoms with E-state index in [1.165, 1.54) is 0 Å². The highest BCUT2D eigenvalue weighted by Gasteiger charge is 2.27. The summed E-state index contributed by atoms with van der Waals surface area (Å²) in [6.07, 6.45) is 5.75. The van der Waals surface area contributed by atoms with Crippen LogP contribution in [-0.2, 0) is 0 Å². The lowest BCUT2D eigenvalue weighted by Gasteiger charge is -2.31. The first-order valence-electron chi connectivity index (χ1n) is 6.48. The maximum absolute atomic E-state index is 12.5. The van der Waals surface area contributed by atoms with Crippen LogP contribution >= 0.6 is 11.8 Å². The van der Waals surface area contributed by atoms with E-state index in [1.807, 2.05) is 30.8 Å². The summed E-state index contributed by atoms with van der Waals surface area (Å²) in [7, 11) is 4.08. The van der Waals surface area contributed by atoms with Crippen LogP contribution in [0.15, 0.2) is 18.6 Å². The zero-order valence-corrected chi connectivity index (χ0v) is 12.3. The fourth-order valence-electron chi connectivity index (χ4n) is 2.23. The lowest BCUT2D eigenvalue weighted by Crippen LogP contribution is -2.47. The third kappa shape index (κ3) is 3.91. The molecule has 2 heterocycles. The number of hydrogen-bond donors (Lipinski definition) is 0. The van der Waals surface area contributed by atoms with Crippen LogP contribution in [0.5, 0.6) is 0 Å². The smallest absolute Gasteiger partial charge is 0.274 e. The van der Waals surface area contributed by atoms with Crippen LogP contribution in [0.3, 0.4) is 0 Å². The quantitative estimate of drug-likeness (QED) is 0.826. The lowest BCUT2D eigenvalue weighted by atomic mass is 10.2. The van der Waals surface area contributed by atoms with Gasteiger partial charge >= 0.3 is 0 Å². The predicted molar refractivity (Wildman–Crippen MR) is 77.4 cm³/mol. The Morgan fingerprint density at radius 3 is 3.05 bits per heavy atom. The molecule has 104 valence electrons. The number of rotatable bonds is 3. The third-order valence-electron chi connectivity index (χ3n) is 3.06. The van der Waals surface area contributed by atoms with Gasteiger partial charge in [-0.25, -0.2) is 4.98 Å². The predicted octanol–water partition coefficient (Wildman–Crippen LogP) is 0.986. The molecule has 0 spiro atoms. The molecule has 0 radical (unpaired) electrons. The molecule has 1 aliphatic heterocycles. The second-order valence-corrected chi connectivity index (χ2v) is 6.08. The molecule has 1 fully saturated rings. The van der Waals surface area contributed by atoms with Gasteiger partial charge in [0.2, 0.25) is 0 Å². The minimum absolute atomic E-state index is 0.00227. The third-order valence-corrected chi connectivity index (χ3v) is 4.26. The van der Waals surface area contributed by atoms with E-state index in [0.717, 1.165) is 31.0 Å². The Kier molecular flexibility index (Phi) is 5.15. The minimum Gasteiger partial charge on any atom is -0.332 e. The van der Waals surface area contributed by atoms with Crippen molar-refractivity contribution in [1.29, 1.82) is 0 Å². The van der Waals surface area contributed by atoms with Gasteiger partial charge in [0, 0.05) is 31.2 Å². The zero-order valence-electron chi connectivity index (χ0n) is 11.5. The van der Waals surface area contributed by atoms with Gasteiger partial charge < -0.3 is 9.80 Å². The molecule has 1 unspecified atom stereocenters. The molecule has 1 amide bonds. The molecule has 0 aromatic carbocycles. The van der Waals surface area contributed by atoms with Crippen molar-refractivity contribution in [2.75, 3.05) is 38.7 Å². The maximum Gasteiger partial charge on any atom is 0.274 e. The Bertz CT molecular complexity index is 412. The second-order valence-electron chi connectivity index (χ2n) is 4.93. The van der Waals surface area contributed by atoms with Crippen molar-refractivity contribution >= 4 is 17.7 Å². The molecule has 0 aliphatic carbocycles. The van der Waals surface area contributed by atoms with Crippen molar-refractivity contribution in [2.45, 2.75) is 12.5 Å². The van der Waals surface area contributed by atoms with Crippen LogP contribution in [0.1, 0.15) is 16.9 Å². The standard InChI is InChI=1S/C13H20N4OS/c1-16(2)9-11-10-19-7-3-6-17(11)13(18)12-8-14-4-5-15-12/h4-5,8,11H,3,6-7,9-10H2,1-2H3. The highest BCUT2D eigenvalue weighted by atomic mass is 32.2. The van der Waals surface area contributed by atoms with Gasteiger partial charge in [-0.05, 0) is 26.3 Å². The van der Waals surface area contributed by atoms with Gasteiger partial charge in [0.15, 0.2) is 0 Å². The molecule has 1 saturated heterocycles. The van der Waals surface area contributed by atoms with Crippen LogP contribution < -0.4 is 0 Å². The topological polar surface area (TPSA) is 49.3 Å². The Morgan fingerprint density at radius 1 is 1.53 bits per heavy atom. The molecule has 6 heteroatoms. The van der Waals surface area contributed by atoms with Gasteiger partial charge in [-0.3, -0.25) is 9.78 Å². The summed E-state index contributed by atoms with van der Waals surface area (Å²) >= 11 is 1.93. The van der Waals surface area contributed by atoms with Crippen LogP contribution in [0.25, 0.3) is 0 Å². The van der Waals surface area contributed by atoms with Crippen LogP contribution in [-0.4, -0.2) is 70.4 Å². The van der Waals surface area contributed by atoms with Gasteiger partial charge in [-0.15, -0.1) is 0 Å². The highest BCUT2D eigenvalue weighted by Crippen LogP contribution is 2.18. The minimum atomic E-state index is 0.00227. The van der Waals surface area contributed by atoms with E-state index in [2.05, 4.69) is 14.9 Å². The Morgan fingerprint density at radius 2 is 2.37 bits per heavy atom. The average Bonchev–Trinajstić information content (AvgIpc) is 2.64. The summed E-state index contributed by atoms with van der Waals surface area (Å²) in [5, 5.41) is 0. The van der Waals surface area contributed by atoms with Crippen molar-refractivity contribution in [3.05, 3.63) is 24.3 Å². The molecule has 1 atom stereocenters. The Balaban J connectivity index is 2.15. The van der Waals surface area contributed by atoms with Crippen molar-refractivity contribution in [2.24, 2.45) is 0 Å². The molecule has 0 bridgehead atoms. The zero-order chi connectivity index (χ0) is 13.7. The van der Waals surface area contributed by atoms with Gasteiger partial charge in [0.05, 0.1) is 12.2 Å². The fourth-order valence-corrected chi connectivity index (χ4v) is 3.28. The SMILES string of the molecule is CN(C)CC1CSCCCN1C(=O)c1cnccn1. The first-order chi connectivity index (χ1) is 9.18. The largest absolute Gasteiger partial charge is 0.332 e. The van der Waals surface area contributed by atoms with Gasteiger partial charge in [-0.1, -0.05) is 0 Å². The van der Waals surface area contributed by atoms with E-state index in [4.69, 9.17) is 0 Å². The molecule has 0 saturated carbocycles. The van der Waals surface area contributed by atoms with E-state index in [0.29, 0.717) is 5.69 Å². The van der Waals surface area contributed by atoms with Crippen molar-refractivity contribution in [3.63, 3.8) is 0 Å². The molecule has 1 aromatic heterocycles. The average molecular weight is 280 g/mol. The highest BCUT2D eigenvalue weighted by molar-refractivity contribution is 7.99. The van der Waals surface area contributed by atoms with E-state index in [9.17, 15) is 4.79 Å². The van der Waals surface area contributed by atoms with E-state index in [1.54, 1.807) is 18.6 Å². The summed E-state index contributed by atoms with van der Waals surface area (Å²) in [5.74, 6) is 2.11. The molecule has 1 aromatic rings. The monoisotopic (exact) mass is 280 g/mol. The summed E-state index contributed by atoms with van der Waals surface area (Å²) in [6, 6.07) is 0.247. The van der Waals surface area contributed by atoms with Crippen molar-refractivity contribution in [1.82, 2.24) is 19.8 Å². The second kappa shape index (κ2) is 6.86. The van der Waals surface area contributed by atoms with E-state index >= 15 is 0 Å². The van der Waals surface area contributed by atoms with Gasteiger partial charge in [-0.2, -0.15) is 11.8 Å². The molecule has 0 N–H and O–H groups in total. The first-order valence-corrected chi connectivity index (χ1v) is 7.63. The van der Waals surface area contributed by atoms with Gasteiger partial charge in [0.25, 0.3) is 5.91 Å². The number of thioether (sulfide) groups is 1. The van der Waals surface area contributed by atoms with Crippen molar-refractivity contribution in [3.8, 4) is 0 Å². The van der Waals surface area contributed by atoms with Crippen LogP contribution in [0.4, 0.5) is 0 Å². The summed E-state index contributed by atoms with van der Waals surface area (Å²) < 4.78 is 0. The lowest BCUT2D eigenvalue weighted by molar-refractivity contribution is 0.0669. The molecule has 2 rings (SSSR count). The Hall–Kier alpha value is -1.14. The molecular weight excluding hydrogens is 260 g/mol. The summed E-state index contributed by atoms with van der Waals surface area (Å²) in [6.45, 7) is 1.69.